The van der Waals surface area contributed by atoms with E-state index in [4.69, 9.17) is 0 Å². The second-order valence-electron chi connectivity index (χ2n) is 5.91. The smallest absolute Gasteiger partial charge is 0.372 e. The first-order valence-electron chi connectivity index (χ1n) is 8.36. The van der Waals surface area contributed by atoms with Crippen LogP contribution in [0.2, 0.25) is 0 Å². The first kappa shape index (κ1) is 20.0. The summed E-state index contributed by atoms with van der Waals surface area (Å²) in [4.78, 5) is 17.3. The van der Waals surface area contributed by atoms with Gasteiger partial charge in [0.1, 0.15) is 6.61 Å². The molecule has 0 bridgehead atoms. The third-order valence-electron chi connectivity index (χ3n) is 3.92. The van der Waals surface area contributed by atoms with Crippen molar-refractivity contribution in [1.29, 1.82) is 0 Å². The van der Waals surface area contributed by atoms with E-state index in [1.54, 1.807) is 16.2 Å². The molecule has 9 heteroatoms. The Balaban J connectivity index is 1.52. The van der Waals surface area contributed by atoms with Gasteiger partial charge in [-0.15, -0.1) is 11.3 Å². The number of piperazine rings is 1. The molecule has 1 saturated heterocycles. The van der Waals surface area contributed by atoms with E-state index in [-0.39, 0.29) is 12.6 Å². The number of nitrogens with zero attached hydrogens (tertiary/aromatic N) is 2. The number of nitrogens with one attached hydrogen (secondary N) is 1. The van der Waals surface area contributed by atoms with Crippen LogP contribution in [-0.4, -0.2) is 74.5 Å². The zero-order valence-electron chi connectivity index (χ0n) is 14.1. The normalized spacial score (nSPS) is 16.2. The molecule has 0 unspecified atom stereocenters. The van der Waals surface area contributed by atoms with Crippen LogP contribution in [0, 0.1) is 0 Å². The predicted molar refractivity (Wildman–Crippen MR) is 90.9 cm³/mol. The van der Waals surface area contributed by atoms with Crippen molar-refractivity contribution in [2.24, 2.45) is 0 Å². The van der Waals surface area contributed by atoms with Crippen molar-refractivity contribution in [2.45, 2.75) is 19.0 Å². The maximum atomic E-state index is 12.1. The molecule has 0 atom stereocenters. The summed E-state index contributed by atoms with van der Waals surface area (Å²) in [6.07, 6.45) is -2.87. The molecule has 0 spiro atoms. The summed E-state index contributed by atoms with van der Waals surface area (Å²) < 4.78 is 40.4. The highest BCUT2D eigenvalue weighted by atomic mass is 32.1. The molecule has 1 aromatic rings. The van der Waals surface area contributed by atoms with Crippen LogP contribution < -0.4 is 5.32 Å². The Morgan fingerprint density at radius 2 is 2.04 bits per heavy atom. The van der Waals surface area contributed by atoms with Gasteiger partial charge in [0, 0.05) is 50.8 Å². The molecule has 5 nitrogen and oxygen atoms in total. The van der Waals surface area contributed by atoms with E-state index < -0.39 is 12.8 Å². The van der Waals surface area contributed by atoms with Gasteiger partial charge in [-0.05, 0) is 24.3 Å². The summed E-state index contributed by atoms with van der Waals surface area (Å²) in [6, 6.07) is 3.99. The van der Waals surface area contributed by atoms with Crippen molar-refractivity contribution in [3.05, 3.63) is 22.4 Å². The van der Waals surface area contributed by atoms with E-state index >= 15 is 0 Å². The first-order chi connectivity index (χ1) is 11.9. The summed E-state index contributed by atoms with van der Waals surface area (Å²) in [5.41, 5.74) is 0. The van der Waals surface area contributed by atoms with E-state index in [2.05, 4.69) is 15.0 Å². The summed E-state index contributed by atoms with van der Waals surface area (Å²) in [7, 11) is 0. The summed E-state index contributed by atoms with van der Waals surface area (Å²) in [5.74, 6) is 0. The van der Waals surface area contributed by atoms with Gasteiger partial charge in [0.25, 0.3) is 0 Å². The quantitative estimate of drug-likeness (QED) is 0.706. The average Bonchev–Trinajstić information content (AvgIpc) is 3.07. The Morgan fingerprint density at radius 1 is 1.28 bits per heavy atom. The summed E-state index contributed by atoms with van der Waals surface area (Å²) in [6.45, 7) is 2.95. The van der Waals surface area contributed by atoms with Crippen LogP contribution in [0.4, 0.5) is 18.0 Å². The molecule has 0 saturated carbocycles. The molecule has 1 aromatic heterocycles. The van der Waals surface area contributed by atoms with Crippen LogP contribution in [0.3, 0.4) is 0 Å². The lowest BCUT2D eigenvalue weighted by Gasteiger charge is -2.34. The molecule has 1 aliphatic heterocycles. The van der Waals surface area contributed by atoms with E-state index in [1.165, 1.54) is 4.88 Å². The van der Waals surface area contributed by atoms with Crippen molar-refractivity contribution in [2.75, 3.05) is 52.5 Å². The molecule has 25 heavy (non-hydrogen) atoms. The van der Waals surface area contributed by atoms with Crippen LogP contribution in [0.15, 0.2) is 17.5 Å². The maximum Gasteiger partial charge on any atom is 0.411 e. The maximum absolute atomic E-state index is 12.1. The highest BCUT2D eigenvalue weighted by Gasteiger charge is 2.27. The fourth-order valence-electron chi connectivity index (χ4n) is 2.61. The molecule has 0 radical (unpaired) electrons. The molecule has 142 valence electrons. The Hall–Kier alpha value is -1.32. The zero-order valence-corrected chi connectivity index (χ0v) is 14.9. The van der Waals surface area contributed by atoms with Gasteiger partial charge in [-0.2, -0.15) is 13.2 Å². The van der Waals surface area contributed by atoms with E-state index in [0.29, 0.717) is 32.6 Å². The third-order valence-corrected chi connectivity index (χ3v) is 4.85. The number of thiophene rings is 1. The molecule has 2 amide bonds. The Bertz CT molecular complexity index is 503. The lowest BCUT2D eigenvalue weighted by atomic mass is 10.3. The molecule has 2 rings (SSSR count). The van der Waals surface area contributed by atoms with Gasteiger partial charge >= 0.3 is 12.2 Å². The van der Waals surface area contributed by atoms with Crippen LogP contribution in [0.1, 0.15) is 11.3 Å². The summed E-state index contributed by atoms with van der Waals surface area (Å²) >= 11 is 1.68. The van der Waals surface area contributed by atoms with Crippen molar-refractivity contribution < 1.29 is 22.7 Å². The van der Waals surface area contributed by atoms with Crippen molar-refractivity contribution in [3.8, 4) is 0 Å². The zero-order chi connectivity index (χ0) is 18.1. The molecule has 0 aliphatic carbocycles. The number of ether oxygens (including phenoxy) is 1. The molecule has 2 heterocycles. The molecule has 0 aromatic carbocycles. The lowest BCUT2D eigenvalue weighted by Crippen LogP contribution is -2.52. The standard InChI is InChI=1S/C16H24F3N3O2S/c17-16(18,19)13-24-11-2-6-21-7-9-22(10-8-21)15(23)20-5-4-14-3-1-12-25-14/h1,3,12H,2,4-11,13H2,(H,20,23). The fraction of sp³-hybridized carbons (Fsp3) is 0.688. The number of amides is 2. The third kappa shape index (κ3) is 8.06. The van der Waals surface area contributed by atoms with Crippen LogP contribution >= 0.6 is 11.3 Å². The molecule has 1 N–H and O–H groups in total. The largest absolute Gasteiger partial charge is 0.411 e. The number of alkyl halides is 3. The molecular formula is C16H24F3N3O2S. The van der Waals surface area contributed by atoms with Gasteiger partial charge in [0.05, 0.1) is 0 Å². The number of carbonyl (C=O) groups is 1. The average molecular weight is 379 g/mol. The van der Waals surface area contributed by atoms with Crippen LogP contribution in [0.25, 0.3) is 0 Å². The minimum Gasteiger partial charge on any atom is -0.372 e. The highest BCUT2D eigenvalue weighted by molar-refractivity contribution is 7.09. The van der Waals surface area contributed by atoms with Gasteiger partial charge in [0.15, 0.2) is 0 Å². The van der Waals surface area contributed by atoms with Gasteiger partial charge in [-0.25, -0.2) is 4.79 Å². The number of urea groups is 1. The number of hydrogen-bond donors (Lipinski definition) is 1. The number of carbonyl (C=O) groups excluding carboxylic acids is 1. The topological polar surface area (TPSA) is 44.8 Å². The number of halogens is 3. The van der Waals surface area contributed by atoms with E-state index in [9.17, 15) is 18.0 Å². The van der Waals surface area contributed by atoms with E-state index in [0.717, 1.165) is 19.5 Å². The SMILES string of the molecule is O=C(NCCc1cccs1)N1CCN(CCCOCC(F)(F)F)CC1. The van der Waals surface area contributed by atoms with Crippen LogP contribution in [-0.2, 0) is 11.2 Å². The highest BCUT2D eigenvalue weighted by Crippen LogP contribution is 2.14. The fourth-order valence-corrected chi connectivity index (χ4v) is 3.32. The van der Waals surface area contributed by atoms with Crippen molar-refractivity contribution in [1.82, 2.24) is 15.1 Å². The monoisotopic (exact) mass is 379 g/mol. The number of rotatable bonds is 8. The predicted octanol–water partition coefficient (Wildman–Crippen LogP) is 2.59. The Kier molecular flexibility index (Phi) is 7.98. The minimum absolute atomic E-state index is 0.0512. The number of hydrogen-bond acceptors (Lipinski definition) is 4. The van der Waals surface area contributed by atoms with Gasteiger partial charge in [-0.1, -0.05) is 6.07 Å². The molecular weight excluding hydrogens is 355 g/mol. The second kappa shape index (κ2) is 9.98. The van der Waals surface area contributed by atoms with Gasteiger partial charge in [0.2, 0.25) is 0 Å². The van der Waals surface area contributed by atoms with Gasteiger partial charge in [-0.3, -0.25) is 4.90 Å². The minimum atomic E-state index is -4.26. The lowest BCUT2D eigenvalue weighted by molar-refractivity contribution is -0.174. The summed E-state index contributed by atoms with van der Waals surface area (Å²) in [5, 5.41) is 4.95. The van der Waals surface area contributed by atoms with E-state index in [1.807, 2.05) is 17.5 Å². The van der Waals surface area contributed by atoms with Crippen LogP contribution in [0.5, 0.6) is 0 Å². The molecule has 1 fully saturated rings. The molecule has 1 aliphatic rings. The second-order valence-corrected chi connectivity index (χ2v) is 6.94. The van der Waals surface area contributed by atoms with Crippen molar-refractivity contribution >= 4 is 17.4 Å². The Morgan fingerprint density at radius 3 is 2.68 bits per heavy atom. The Labute approximate surface area is 149 Å². The van der Waals surface area contributed by atoms with Crippen molar-refractivity contribution in [3.63, 3.8) is 0 Å². The van der Waals surface area contributed by atoms with Gasteiger partial charge < -0.3 is 15.0 Å². The first-order valence-corrected chi connectivity index (χ1v) is 9.24.